The quantitative estimate of drug-likeness (QED) is 0.862. The summed E-state index contributed by atoms with van der Waals surface area (Å²) in [6, 6.07) is 5.43. The molecule has 2 rings (SSSR count). The molecule has 0 aliphatic carbocycles. The first kappa shape index (κ1) is 12.2. The van der Waals surface area contributed by atoms with Crippen molar-refractivity contribution >= 4 is 5.91 Å². The molecule has 1 unspecified atom stereocenters. The minimum atomic E-state index is -0.878. The number of carbonyl (C=O) groups is 1. The second-order valence-corrected chi connectivity index (χ2v) is 4.28. The van der Waals surface area contributed by atoms with Gasteiger partial charge in [0.2, 0.25) is 5.91 Å². The number of amides is 1. The Balaban J connectivity index is 2.37. The molecule has 2 heterocycles. The van der Waals surface area contributed by atoms with E-state index >= 15 is 0 Å². The summed E-state index contributed by atoms with van der Waals surface area (Å²) in [7, 11) is 0. The maximum Gasteiger partial charge on any atom is 0.229 e. The van der Waals surface area contributed by atoms with E-state index in [4.69, 9.17) is 5.73 Å². The molecule has 5 heteroatoms. The molecule has 2 N–H and O–H groups in total. The fourth-order valence-corrected chi connectivity index (χ4v) is 1.78. The fraction of sp³-hybridized carbons (Fsp3) is 0.231. The molecular formula is C13H14N4O. The van der Waals surface area contributed by atoms with Crippen molar-refractivity contribution in [3.63, 3.8) is 0 Å². The molecule has 0 saturated carbocycles. The van der Waals surface area contributed by atoms with Crippen molar-refractivity contribution in [3.8, 4) is 0 Å². The predicted octanol–water partition coefficient (Wildman–Crippen LogP) is 0.857. The van der Waals surface area contributed by atoms with Crippen LogP contribution >= 0.6 is 0 Å². The highest BCUT2D eigenvalue weighted by molar-refractivity contribution is 5.86. The van der Waals surface area contributed by atoms with Crippen LogP contribution in [-0.2, 0) is 16.6 Å². The first-order valence-electron chi connectivity index (χ1n) is 5.59. The monoisotopic (exact) mass is 242 g/mol. The average Bonchev–Trinajstić information content (AvgIpc) is 2.40. The number of hydrogen-bond donors (Lipinski definition) is 1. The van der Waals surface area contributed by atoms with Crippen molar-refractivity contribution in [3.05, 3.63) is 54.4 Å². The lowest BCUT2D eigenvalue weighted by Gasteiger charge is -2.24. The Labute approximate surface area is 105 Å². The lowest BCUT2D eigenvalue weighted by molar-refractivity contribution is -0.123. The summed E-state index contributed by atoms with van der Waals surface area (Å²) in [6.07, 6.45) is 6.84. The van der Waals surface area contributed by atoms with Crippen LogP contribution in [0.3, 0.4) is 0 Å². The van der Waals surface area contributed by atoms with Crippen molar-refractivity contribution in [2.24, 2.45) is 5.73 Å². The second kappa shape index (κ2) is 4.91. The molecule has 0 bridgehead atoms. The molecule has 0 aliphatic heterocycles. The van der Waals surface area contributed by atoms with Crippen molar-refractivity contribution in [1.29, 1.82) is 0 Å². The van der Waals surface area contributed by atoms with Crippen LogP contribution < -0.4 is 5.73 Å². The summed E-state index contributed by atoms with van der Waals surface area (Å²) < 4.78 is 0. The second-order valence-electron chi connectivity index (χ2n) is 4.28. The number of aromatic nitrogens is 3. The van der Waals surface area contributed by atoms with Crippen LogP contribution in [0.15, 0.2) is 43.0 Å². The Morgan fingerprint density at radius 1 is 1.28 bits per heavy atom. The number of pyridine rings is 1. The van der Waals surface area contributed by atoms with Gasteiger partial charge in [0.25, 0.3) is 0 Å². The molecule has 5 nitrogen and oxygen atoms in total. The Kier molecular flexibility index (Phi) is 3.32. The summed E-state index contributed by atoms with van der Waals surface area (Å²) >= 11 is 0. The van der Waals surface area contributed by atoms with Crippen molar-refractivity contribution in [1.82, 2.24) is 15.0 Å². The molecule has 0 fully saturated rings. The van der Waals surface area contributed by atoms with E-state index in [2.05, 4.69) is 15.0 Å². The average molecular weight is 242 g/mol. The molecule has 1 atom stereocenters. The van der Waals surface area contributed by atoms with Gasteiger partial charge in [-0.1, -0.05) is 6.07 Å². The third kappa shape index (κ3) is 2.34. The van der Waals surface area contributed by atoms with Gasteiger partial charge >= 0.3 is 0 Å². The minimum Gasteiger partial charge on any atom is -0.369 e. The summed E-state index contributed by atoms with van der Waals surface area (Å²) in [5, 5.41) is 0. The molecule has 0 aromatic carbocycles. The highest BCUT2D eigenvalue weighted by Crippen LogP contribution is 2.25. The van der Waals surface area contributed by atoms with E-state index in [1.807, 2.05) is 6.07 Å². The van der Waals surface area contributed by atoms with Gasteiger partial charge in [0, 0.05) is 31.2 Å². The molecule has 1 amide bonds. The number of hydrogen-bond acceptors (Lipinski definition) is 4. The van der Waals surface area contributed by atoms with Crippen LogP contribution in [0.4, 0.5) is 0 Å². The SMILES string of the molecule is CC(Cc1cnccn1)(C(N)=O)c1ccccn1. The Hall–Kier alpha value is -2.30. The highest BCUT2D eigenvalue weighted by atomic mass is 16.1. The van der Waals surface area contributed by atoms with E-state index in [1.54, 1.807) is 43.8 Å². The first-order valence-corrected chi connectivity index (χ1v) is 5.59. The minimum absolute atomic E-state index is 0.382. The largest absolute Gasteiger partial charge is 0.369 e. The van der Waals surface area contributed by atoms with Gasteiger partial charge in [0.05, 0.1) is 16.8 Å². The van der Waals surface area contributed by atoms with Crippen LogP contribution in [0.5, 0.6) is 0 Å². The zero-order valence-corrected chi connectivity index (χ0v) is 10.1. The maximum absolute atomic E-state index is 11.8. The lowest BCUT2D eigenvalue weighted by Crippen LogP contribution is -2.41. The lowest BCUT2D eigenvalue weighted by atomic mass is 9.81. The Morgan fingerprint density at radius 3 is 2.67 bits per heavy atom. The van der Waals surface area contributed by atoms with Gasteiger partial charge in [-0.05, 0) is 19.1 Å². The van der Waals surface area contributed by atoms with Gasteiger partial charge in [-0.25, -0.2) is 0 Å². The standard InChI is InChI=1S/C13H14N4O/c1-13(12(14)18,11-4-2-3-5-17-11)8-10-9-15-6-7-16-10/h2-7,9H,8H2,1H3,(H2,14,18). The van der Waals surface area contributed by atoms with E-state index in [1.165, 1.54) is 0 Å². The van der Waals surface area contributed by atoms with E-state index in [0.717, 1.165) is 0 Å². The number of nitrogens with zero attached hydrogens (tertiary/aromatic N) is 3. The predicted molar refractivity (Wildman–Crippen MR) is 66.5 cm³/mol. The van der Waals surface area contributed by atoms with E-state index in [0.29, 0.717) is 17.8 Å². The van der Waals surface area contributed by atoms with Crippen molar-refractivity contribution < 1.29 is 4.79 Å². The molecule has 2 aromatic rings. The van der Waals surface area contributed by atoms with Crippen molar-refractivity contribution in [2.45, 2.75) is 18.8 Å². The van der Waals surface area contributed by atoms with Crippen LogP contribution in [0, 0.1) is 0 Å². The first-order chi connectivity index (χ1) is 8.63. The maximum atomic E-state index is 11.8. The van der Waals surface area contributed by atoms with Crippen LogP contribution in [0.2, 0.25) is 0 Å². The molecule has 0 saturated heterocycles. The zero-order chi connectivity index (χ0) is 13.0. The van der Waals surface area contributed by atoms with E-state index in [9.17, 15) is 4.79 Å². The normalized spacial score (nSPS) is 13.8. The molecule has 18 heavy (non-hydrogen) atoms. The zero-order valence-electron chi connectivity index (χ0n) is 10.1. The molecule has 92 valence electrons. The molecule has 0 spiro atoms. The highest BCUT2D eigenvalue weighted by Gasteiger charge is 2.35. The number of rotatable bonds is 4. The van der Waals surface area contributed by atoms with Gasteiger partial charge in [-0.15, -0.1) is 0 Å². The number of nitrogens with two attached hydrogens (primary N) is 1. The van der Waals surface area contributed by atoms with Crippen LogP contribution in [0.1, 0.15) is 18.3 Å². The molecule has 0 radical (unpaired) electrons. The third-order valence-electron chi connectivity index (χ3n) is 2.93. The van der Waals surface area contributed by atoms with Crippen molar-refractivity contribution in [2.75, 3.05) is 0 Å². The number of carbonyl (C=O) groups excluding carboxylic acids is 1. The van der Waals surface area contributed by atoms with Gasteiger partial charge in [-0.3, -0.25) is 19.7 Å². The topological polar surface area (TPSA) is 81.8 Å². The number of primary amides is 1. The van der Waals surface area contributed by atoms with Crippen LogP contribution in [-0.4, -0.2) is 20.9 Å². The summed E-state index contributed by atoms with van der Waals surface area (Å²) in [6.45, 7) is 1.77. The van der Waals surface area contributed by atoms with Gasteiger partial charge in [-0.2, -0.15) is 0 Å². The van der Waals surface area contributed by atoms with Gasteiger partial charge in [0.15, 0.2) is 0 Å². The van der Waals surface area contributed by atoms with Gasteiger partial charge < -0.3 is 5.73 Å². The Bertz CT molecular complexity index is 529. The van der Waals surface area contributed by atoms with E-state index < -0.39 is 11.3 Å². The molecular weight excluding hydrogens is 228 g/mol. The summed E-state index contributed by atoms with van der Waals surface area (Å²) in [5.74, 6) is -0.424. The smallest absolute Gasteiger partial charge is 0.229 e. The van der Waals surface area contributed by atoms with E-state index in [-0.39, 0.29) is 0 Å². The molecule has 2 aromatic heterocycles. The summed E-state index contributed by atoms with van der Waals surface area (Å²) in [5.41, 5.74) is 6.00. The van der Waals surface area contributed by atoms with Gasteiger partial charge in [0.1, 0.15) is 0 Å². The molecule has 0 aliphatic rings. The third-order valence-corrected chi connectivity index (χ3v) is 2.93. The summed E-state index contributed by atoms with van der Waals surface area (Å²) in [4.78, 5) is 24.1. The van der Waals surface area contributed by atoms with Crippen LogP contribution in [0.25, 0.3) is 0 Å². The fourth-order valence-electron chi connectivity index (χ4n) is 1.78. The Morgan fingerprint density at radius 2 is 2.11 bits per heavy atom.